The van der Waals surface area contributed by atoms with E-state index in [1.165, 1.54) is 3.57 Å². The fourth-order valence-corrected chi connectivity index (χ4v) is 2.05. The SMILES string of the molecule is CC1(c2ccc(I)cc2)CCOC1=O. The maximum Gasteiger partial charge on any atom is 0.316 e. The van der Waals surface area contributed by atoms with Gasteiger partial charge in [-0.25, -0.2) is 0 Å². The summed E-state index contributed by atoms with van der Waals surface area (Å²) in [7, 11) is 0. The zero-order valence-corrected chi connectivity index (χ0v) is 10.1. The second kappa shape index (κ2) is 3.53. The molecule has 1 fully saturated rings. The number of ether oxygens (including phenoxy) is 1. The van der Waals surface area contributed by atoms with E-state index < -0.39 is 5.41 Å². The molecule has 0 N–H and O–H groups in total. The Labute approximate surface area is 96.8 Å². The van der Waals surface area contributed by atoms with Gasteiger partial charge in [-0.3, -0.25) is 4.79 Å². The summed E-state index contributed by atoms with van der Waals surface area (Å²) in [4.78, 5) is 11.6. The molecule has 3 heteroatoms. The molecule has 74 valence electrons. The molecule has 1 atom stereocenters. The highest BCUT2D eigenvalue weighted by Gasteiger charge is 2.41. The van der Waals surface area contributed by atoms with Crippen LogP contribution < -0.4 is 0 Å². The van der Waals surface area contributed by atoms with Crippen LogP contribution in [0.2, 0.25) is 0 Å². The zero-order valence-electron chi connectivity index (χ0n) is 7.92. The predicted molar refractivity (Wildman–Crippen MR) is 62.1 cm³/mol. The summed E-state index contributed by atoms with van der Waals surface area (Å²) in [5, 5.41) is 0. The molecule has 1 saturated heterocycles. The lowest BCUT2D eigenvalue weighted by atomic mass is 9.81. The number of carbonyl (C=O) groups is 1. The molecule has 1 aliphatic heterocycles. The lowest BCUT2D eigenvalue weighted by Gasteiger charge is -2.19. The maximum absolute atomic E-state index is 11.6. The molecule has 0 aromatic heterocycles. The lowest BCUT2D eigenvalue weighted by molar-refractivity contribution is -0.142. The van der Waals surface area contributed by atoms with E-state index in [1.807, 2.05) is 31.2 Å². The van der Waals surface area contributed by atoms with Gasteiger partial charge in [0.15, 0.2) is 0 Å². The van der Waals surface area contributed by atoms with Crippen LogP contribution in [0.5, 0.6) is 0 Å². The van der Waals surface area contributed by atoms with Crippen molar-refractivity contribution in [1.82, 2.24) is 0 Å². The van der Waals surface area contributed by atoms with Crippen LogP contribution >= 0.6 is 22.6 Å². The number of rotatable bonds is 1. The molecule has 2 rings (SSSR count). The monoisotopic (exact) mass is 302 g/mol. The molecule has 0 saturated carbocycles. The molecule has 1 aromatic carbocycles. The van der Waals surface area contributed by atoms with Crippen LogP contribution in [0.15, 0.2) is 24.3 Å². The summed E-state index contributed by atoms with van der Waals surface area (Å²) in [6.45, 7) is 2.49. The van der Waals surface area contributed by atoms with Crippen LogP contribution in [0.25, 0.3) is 0 Å². The van der Waals surface area contributed by atoms with E-state index in [9.17, 15) is 4.79 Å². The minimum absolute atomic E-state index is 0.0984. The van der Waals surface area contributed by atoms with Gasteiger partial charge in [0.2, 0.25) is 0 Å². The van der Waals surface area contributed by atoms with Gasteiger partial charge in [-0.15, -0.1) is 0 Å². The first-order valence-corrected chi connectivity index (χ1v) is 5.64. The lowest BCUT2D eigenvalue weighted by Crippen LogP contribution is -2.27. The van der Waals surface area contributed by atoms with E-state index in [0.29, 0.717) is 6.61 Å². The first kappa shape index (κ1) is 9.96. The Kier molecular flexibility index (Phi) is 2.51. The summed E-state index contributed by atoms with van der Waals surface area (Å²) in [5.41, 5.74) is 0.630. The average Bonchev–Trinajstić information content (AvgIpc) is 2.49. The predicted octanol–water partition coefficient (Wildman–Crippen LogP) is 2.50. The molecule has 0 amide bonds. The average molecular weight is 302 g/mol. The summed E-state index contributed by atoms with van der Waals surface area (Å²) >= 11 is 2.25. The van der Waals surface area contributed by atoms with Crippen molar-refractivity contribution in [2.24, 2.45) is 0 Å². The minimum atomic E-state index is -0.426. The van der Waals surface area contributed by atoms with Crippen molar-refractivity contribution < 1.29 is 9.53 Å². The van der Waals surface area contributed by atoms with Crippen molar-refractivity contribution >= 4 is 28.6 Å². The van der Waals surface area contributed by atoms with Crippen LogP contribution in [-0.4, -0.2) is 12.6 Å². The van der Waals surface area contributed by atoms with Crippen LogP contribution in [0.4, 0.5) is 0 Å². The number of cyclic esters (lactones) is 1. The molecule has 2 nitrogen and oxygen atoms in total. The second-order valence-corrected chi connectivity index (χ2v) is 4.97. The van der Waals surface area contributed by atoms with Gasteiger partial charge in [-0.05, 0) is 47.2 Å². The Hall–Kier alpha value is -0.580. The van der Waals surface area contributed by atoms with Crippen molar-refractivity contribution in [3.05, 3.63) is 33.4 Å². The second-order valence-electron chi connectivity index (χ2n) is 3.72. The van der Waals surface area contributed by atoms with Gasteiger partial charge >= 0.3 is 5.97 Å². The van der Waals surface area contributed by atoms with E-state index in [2.05, 4.69) is 22.6 Å². The molecule has 14 heavy (non-hydrogen) atoms. The van der Waals surface area contributed by atoms with Gasteiger partial charge in [0.05, 0.1) is 12.0 Å². The molecule has 1 aromatic rings. The van der Waals surface area contributed by atoms with E-state index >= 15 is 0 Å². The van der Waals surface area contributed by atoms with Crippen molar-refractivity contribution in [2.75, 3.05) is 6.61 Å². The number of halogens is 1. The Balaban J connectivity index is 2.38. The van der Waals surface area contributed by atoms with Crippen molar-refractivity contribution in [3.63, 3.8) is 0 Å². The normalized spacial score (nSPS) is 26.3. The molecule has 0 aliphatic carbocycles. The van der Waals surface area contributed by atoms with Crippen LogP contribution in [0, 0.1) is 3.57 Å². The van der Waals surface area contributed by atoms with E-state index in [4.69, 9.17) is 4.74 Å². The minimum Gasteiger partial charge on any atom is -0.465 e. The van der Waals surface area contributed by atoms with Gasteiger partial charge in [0.1, 0.15) is 0 Å². The standard InChI is InChI=1S/C11H11IO2/c1-11(6-7-14-10(11)13)8-2-4-9(12)5-3-8/h2-5H,6-7H2,1H3. The molecule has 0 radical (unpaired) electrons. The number of hydrogen-bond donors (Lipinski definition) is 0. The Morgan fingerprint density at radius 1 is 1.36 bits per heavy atom. The number of esters is 1. The van der Waals surface area contributed by atoms with Gasteiger partial charge < -0.3 is 4.74 Å². The van der Waals surface area contributed by atoms with Crippen molar-refractivity contribution in [1.29, 1.82) is 0 Å². The molecule has 0 bridgehead atoms. The Morgan fingerprint density at radius 2 is 2.00 bits per heavy atom. The molecular formula is C11H11IO2. The highest BCUT2D eigenvalue weighted by Crippen LogP contribution is 2.33. The fraction of sp³-hybridized carbons (Fsp3) is 0.364. The van der Waals surface area contributed by atoms with E-state index in [0.717, 1.165) is 12.0 Å². The van der Waals surface area contributed by atoms with Crippen molar-refractivity contribution in [2.45, 2.75) is 18.8 Å². The maximum atomic E-state index is 11.6. The smallest absolute Gasteiger partial charge is 0.316 e. The molecule has 1 unspecified atom stereocenters. The van der Waals surface area contributed by atoms with E-state index in [1.54, 1.807) is 0 Å². The molecule has 1 heterocycles. The van der Waals surface area contributed by atoms with Crippen LogP contribution in [0.1, 0.15) is 18.9 Å². The van der Waals surface area contributed by atoms with Crippen LogP contribution in [-0.2, 0) is 14.9 Å². The topological polar surface area (TPSA) is 26.3 Å². The van der Waals surface area contributed by atoms with Crippen LogP contribution in [0.3, 0.4) is 0 Å². The third-order valence-electron chi connectivity index (χ3n) is 2.77. The summed E-state index contributed by atoms with van der Waals surface area (Å²) in [6.07, 6.45) is 0.784. The summed E-state index contributed by atoms with van der Waals surface area (Å²) < 4.78 is 6.19. The molecular weight excluding hydrogens is 291 g/mol. The highest BCUT2D eigenvalue weighted by molar-refractivity contribution is 14.1. The quantitative estimate of drug-likeness (QED) is 0.588. The molecule has 1 aliphatic rings. The number of benzene rings is 1. The van der Waals surface area contributed by atoms with Gasteiger partial charge in [0.25, 0.3) is 0 Å². The number of carbonyl (C=O) groups excluding carboxylic acids is 1. The fourth-order valence-electron chi connectivity index (χ4n) is 1.69. The highest BCUT2D eigenvalue weighted by atomic mass is 127. The summed E-state index contributed by atoms with van der Waals surface area (Å²) in [6, 6.07) is 8.06. The summed E-state index contributed by atoms with van der Waals surface area (Å²) in [5.74, 6) is -0.0984. The Morgan fingerprint density at radius 3 is 2.50 bits per heavy atom. The van der Waals surface area contributed by atoms with Crippen molar-refractivity contribution in [3.8, 4) is 0 Å². The third kappa shape index (κ3) is 1.54. The zero-order chi connectivity index (χ0) is 10.2. The first-order chi connectivity index (χ1) is 6.63. The van der Waals surface area contributed by atoms with E-state index in [-0.39, 0.29) is 5.97 Å². The first-order valence-electron chi connectivity index (χ1n) is 4.56. The van der Waals surface area contributed by atoms with Gasteiger partial charge in [-0.1, -0.05) is 12.1 Å². The Bertz CT molecular complexity index is 358. The molecule has 0 spiro atoms. The van der Waals surface area contributed by atoms with Gasteiger partial charge in [-0.2, -0.15) is 0 Å². The van der Waals surface area contributed by atoms with Gasteiger partial charge in [0, 0.05) is 9.99 Å². The third-order valence-corrected chi connectivity index (χ3v) is 3.49. The number of hydrogen-bond acceptors (Lipinski definition) is 2. The largest absolute Gasteiger partial charge is 0.465 e.